The molecule has 50 heavy (non-hydrogen) atoms. The summed E-state index contributed by atoms with van der Waals surface area (Å²) < 4.78 is 0. The molecule has 6 aliphatic rings. The van der Waals surface area contributed by atoms with Crippen molar-refractivity contribution in [1.82, 2.24) is 40.0 Å². The van der Waals surface area contributed by atoms with E-state index in [1.165, 1.54) is 22.7 Å². The molecule has 256 valence electrons. The average molecular weight is 729 g/mol. The van der Waals surface area contributed by atoms with Gasteiger partial charge in [-0.05, 0) is 55.7 Å². The fraction of sp³-hybridized carbons (Fsp3) is 0.429. The van der Waals surface area contributed by atoms with E-state index in [-0.39, 0.29) is 30.6 Å². The topological polar surface area (TPSA) is 133 Å². The van der Waals surface area contributed by atoms with E-state index in [2.05, 4.69) is 20.4 Å². The Kier molecular flexibility index (Phi) is 7.73. The maximum absolute atomic E-state index is 13.4. The molecule has 2 aromatic heterocycles. The Morgan fingerprint density at radius 3 is 2.18 bits per heavy atom. The lowest BCUT2D eigenvalue weighted by atomic mass is 9.49. The molecule has 3 aliphatic carbocycles. The first-order chi connectivity index (χ1) is 24.2. The van der Waals surface area contributed by atoms with E-state index in [0.29, 0.717) is 46.2 Å². The molecular formula is C35H33ClN8O4S2. The van der Waals surface area contributed by atoms with Crippen LogP contribution in [0.25, 0.3) is 21.1 Å². The lowest BCUT2D eigenvalue weighted by molar-refractivity contribution is -0.186. The molecule has 3 saturated heterocycles. The van der Waals surface area contributed by atoms with E-state index in [1.54, 1.807) is 19.6 Å². The number of benzene rings is 2. The Bertz CT molecular complexity index is 2020. The summed E-state index contributed by atoms with van der Waals surface area (Å²) >= 11 is 9.45. The molecule has 3 aliphatic heterocycles. The maximum Gasteiger partial charge on any atom is 0.312 e. The van der Waals surface area contributed by atoms with Crippen LogP contribution in [-0.2, 0) is 32.3 Å². The molecule has 2 aromatic carbocycles. The van der Waals surface area contributed by atoms with Gasteiger partial charge in [-0.1, -0.05) is 70.7 Å². The molecule has 3 saturated carbocycles. The highest BCUT2D eigenvalue weighted by atomic mass is 35.5. The lowest BCUT2D eigenvalue weighted by Gasteiger charge is -2.66. The Hall–Kier alpha value is -4.27. The number of fused-ring (bicyclic) bond motifs is 1. The van der Waals surface area contributed by atoms with Gasteiger partial charge in [0.2, 0.25) is 0 Å². The predicted octanol–water partition coefficient (Wildman–Crippen LogP) is 4.22. The molecule has 0 spiro atoms. The van der Waals surface area contributed by atoms with Crippen LogP contribution < -0.4 is 0 Å². The molecular weight excluding hydrogens is 696 g/mol. The molecule has 4 amide bonds. The van der Waals surface area contributed by atoms with Crippen molar-refractivity contribution in [2.45, 2.75) is 62.7 Å². The number of hydrogen-bond donors (Lipinski definition) is 0. The Morgan fingerprint density at radius 2 is 1.44 bits per heavy atom. The Labute approximate surface area is 301 Å². The molecule has 6 fully saturated rings. The first-order valence-electron chi connectivity index (χ1n) is 17.0. The van der Waals surface area contributed by atoms with E-state index in [9.17, 15) is 19.2 Å². The summed E-state index contributed by atoms with van der Waals surface area (Å²) in [5, 5.41) is 20.6. The van der Waals surface area contributed by atoms with Crippen LogP contribution in [0, 0.1) is 5.92 Å². The van der Waals surface area contributed by atoms with Crippen LogP contribution in [0.1, 0.15) is 53.6 Å². The first kappa shape index (κ1) is 31.7. The second kappa shape index (κ2) is 12.2. The molecule has 0 N–H and O–H groups in total. The molecule has 15 heteroatoms. The maximum atomic E-state index is 13.4. The fourth-order valence-electron chi connectivity index (χ4n) is 8.24. The van der Waals surface area contributed by atoms with Crippen molar-refractivity contribution >= 4 is 57.9 Å². The molecule has 0 radical (unpaired) electrons. The highest BCUT2D eigenvalue weighted by molar-refractivity contribution is 7.15. The number of piperazine rings is 2. The van der Waals surface area contributed by atoms with E-state index in [1.807, 2.05) is 48.5 Å². The van der Waals surface area contributed by atoms with Gasteiger partial charge in [-0.3, -0.25) is 19.2 Å². The van der Waals surface area contributed by atoms with Crippen LogP contribution in [0.15, 0.2) is 48.5 Å². The molecule has 2 atom stereocenters. The number of carbonyl (C=O) groups is 4. The fourth-order valence-corrected chi connectivity index (χ4v) is 10.2. The summed E-state index contributed by atoms with van der Waals surface area (Å²) in [5.41, 5.74) is 2.64. The quantitative estimate of drug-likeness (QED) is 0.247. The van der Waals surface area contributed by atoms with Gasteiger partial charge in [-0.25, -0.2) is 0 Å². The zero-order chi connectivity index (χ0) is 34.1. The normalized spacial score (nSPS) is 26.2. The van der Waals surface area contributed by atoms with Crippen molar-refractivity contribution in [1.29, 1.82) is 0 Å². The van der Waals surface area contributed by atoms with Gasteiger partial charge >= 0.3 is 23.6 Å². The Morgan fingerprint density at radius 1 is 0.740 bits per heavy atom. The van der Waals surface area contributed by atoms with Crippen LogP contribution in [0.2, 0.25) is 5.02 Å². The molecule has 5 heterocycles. The van der Waals surface area contributed by atoms with Gasteiger partial charge in [-0.2, -0.15) is 0 Å². The van der Waals surface area contributed by atoms with Gasteiger partial charge in [0.05, 0.1) is 18.1 Å². The summed E-state index contributed by atoms with van der Waals surface area (Å²) in [6.45, 7) is 2.42. The highest BCUT2D eigenvalue weighted by Crippen LogP contribution is 2.60. The summed E-state index contributed by atoms with van der Waals surface area (Å²) in [7, 11) is 0. The van der Waals surface area contributed by atoms with Crippen LogP contribution in [0.5, 0.6) is 0 Å². The molecule has 4 aromatic rings. The molecule has 2 unspecified atom stereocenters. The SMILES string of the molecule is O=C1C(=O)N2CC(c3ccc(Cl)c(-c4nnc(CN5CCN(C67CC(C6)C7)C(=O)C5=O)s4)c3)CCC2CN1Cc1nnc(-c2ccccc2)s1. The van der Waals surface area contributed by atoms with Gasteiger partial charge in [0.1, 0.15) is 20.0 Å². The molecule has 2 bridgehead atoms. The van der Waals surface area contributed by atoms with Crippen molar-refractivity contribution in [2.24, 2.45) is 5.92 Å². The van der Waals surface area contributed by atoms with Crippen molar-refractivity contribution in [2.75, 3.05) is 26.2 Å². The third-order valence-corrected chi connectivity index (χ3v) is 13.3. The van der Waals surface area contributed by atoms with Crippen molar-refractivity contribution in [3.05, 3.63) is 69.1 Å². The van der Waals surface area contributed by atoms with Gasteiger partial charge in [0.25, 0.3) is 0 Å². The summed E-state index contributed by atoms with van der Waals surface area (Å²) in [4.78, 5) is 59.3. The third kappa shape index (κ3) is 5.39. The predicted molar refractivity (Wildman–Crippen MR) is 186 cm³/mol. The molecule has 12 nitrogen and oxygen atoms in total. The van der Waals surface area contributed by atoms with E-state index >= 15 is 0 Å². The minimum atomic E-state index is -0.516. The number of nitrogens with zero attached hydrogens (tertiary/aromatic N) is 8. The van der Waals surface area contributed by atoms with Crippen molar-refractivity contribution < 1.29 is 19.2 Å². The largest absolute Gasteiger partial charge is 0.329 e. The van der Waals surface area contributed by atoms with Crippen LogP contribution in [0.4, 0.5) is 0 Å². The monoisotopic (exact) mass is 728 g/mol. The lowest BCUT2D eigenvalue weighted by Crippen LogP contribution is -2.73. The van der Waals surface area contributed by atoms with E-state index in [0.717, 1.165) is 59.7 Å². The first-order valence-corrected chi connectivity index (χ1v) is 19.0. The smallest absolute Gasteiger partial charge is 0.312 e. The average Bonchev–Trinajstić information content (AvgIpc) is 3.76. The van der Waals surface area contributed by atoms with Crippen LogP contribution in [-0.4, -0.2) is 101 Å². The summed E-state index contributed by atoms with van der Waals surface area (Å²) in [6.07, 6.45) is 4.69. The number of rotatable bonds is 8. The highest BCUT2D eigenvalue weighted by Gasteiger charge is 2.62. The third-order valence-electron chi connectivity index (χ3n) is 11.1. The van der Waals surface area contributed by atoms with Crippen molar-refractivity contribution in [3.63, 3.8) is 0 Å². The zero-order valence-electron chi connectivity index (χ0n) is 27.0. The minimum absolute atomic E-state index is 0.0237. The second-order valence-corrected chi connectivity index (χ2v) is 16.6. The van der Waals surface area contributed by atoms with Crippen LogP contribution >= 0.6 is 34.3 Å². The minimum Gasteiger partial charge on any atom is -0.329 e. The summed E-state index contributed by atoms with van der Waals surface area (Å²) in [5.74, 6) is -1.13. The Balaban J connectivity index is 0.847. The second-order valence-electron chi connectivity index (χ2n) is 14.1. The molecule has 10 rings (SSSR count). The van der Waals surface area contributed by atoms with Crippen LogP contribution in [0.3, 0.4) is 0 Å². The van der Waals surface area contributed by atoms with Gasteiger partial charge < -0.3 is 19.6 Å². The van der Waals surface area contributed by atoms with Crippen molar-refractivity contribution in [3.8, 4) is 21.1 Å². The zero-order valence-corrected chi connectivity index (χ0v) is 29.4. The van der Waals surface area contributed by atoms with E-state index in [4.69, 9.17) is 11.6 Å². The summed E-state index contributed by atoms with van der Waals surface area (Å²) in [6, 6.07) is 15.5. The number of halogens is 1. The van der Waals surface area contributed by atoms with Gasteiger partial charge in [0, 0.05) is 54.8 Å². The number of amides is 4. The van der Waals surface area contributed by atoms with E-state index < -0.39 is 23.6 Å². The number of aromatic nitrogens is 4. The number of hydrogen-bond acceptors (Lipinski definition) is 10. The standard InChI is InChI=1S/C35H33ClN8O4S2/c36-26-9-7-22(12-25(26)30-40-38-27(50-30)18-41-10-11-44(34(48)32(41)46)35-13-20(14-35)15-35)23-6-8-24-17-42(31(45)33(47)43(24)16-23)19-28-37-39-29(49-28)21-4-2-1-3-5-21/h1-5,7,9,12,20,23-24H,6,8,10-11,13-19H2. The van der Waals surface area contributed by atoms with Gasteiger partial charge in [0.15, 0.2) is 0 Å². The van der Waals surface area contributed by atoms with Gasteiger partial charge in [-0.15, -0.1) is 20.4 Å². The number of piperidine rings is 1. The number of carbonyl (C=O) groups excluding carboxylic acids is 4.